The maximum atomic E-state index is 12.4. The third-order valence-corrected chi connectivity index (χ3v) is 4.04. The highest BCUT2D eigenvalue weighted by molar-refractivity contribution is 5.79. The standard InChI is InChI=1S/C18H22N6O2/c1-12(2)17-20-9-10-24(17)13(3)18(25)21-8-6-15-22-16(23-26-15)14-5-4-7-19-11-14/h4-5,7,9-13H,6,8H2,1-3H3,(H,21,25)/t13-/m0/s1. The summed E-state index contributed by atoms with van der Waals surface area (Å²) in [5.74, 6) is 2.04. The first-order chi connectivity index (χ1) is 12.6. The Bertz CT molecular complexity index is 855. The first-order valence-electron chi connectivity index (χ1n) is 8.59. The predicted molar refractivity (Wildman–Crippen MR) is 95.3 cm³/mol. The van der Waals surface area contributed by atoms with Gasteiger partial charge in [0.25, 0.3) is 0 Å². The van der Waals surface area contributed by atoms with Crippen LogP contribution < -0.4 is 5.32 Å². The maximum absolute atomic E-state index is 12.4. The van der Waals surface area contributed by atoms with Crippen molar-refractivity contribution >= 4 is 5.91 Å². The van der Waals surface area contributed by atoms with Crippen molar-refractivity contribution in [2.45, 2.75) is 39.2 Å². The third-order valence-electron chi connectivity index (χ3n) is 4.04. The van der Waals surface area contributed by atoms with E-state index in [0.717, 1.165) is 11.4 Å². The third kappa shape index (κ3) is 3.96. The van der Waals surface area contributed by atoms with Crippen molar-refractivity contribution in [1.29, 1.82) is 0 Å². The fourth-order valence-electron chi connectivity index (χ4n) is 2.63. The normalized spacial score (nSPS) is 12.3. The molecule has 8 nitrogen and oxygen atoms in total. The van der Waals surface area contributed by atoms with Crippen LogP contribution in [0.2, 0.25) is 0 Å². The molecule has 3 aromatic rings. The molecule has 0 radical (unpaired) electrons. The van der Waals surface area contributed by atoms with Gasteiger partial charge in [0.05, 0.1) is 0 Å². The number of pyridine rings is 1. The number of aromatic nitrogens is 5. The van der Waals surface area contributed by atoms with Crippen LogP contribution in [0.5, 0.6) is 0 Å². The number of amides is 1. The van der Waals surface area contributed by atoms with Crippen molar-refractivity contribution in [3.05, 3.63) is 48.6 Å². The lowest BCUT2D eigenvalue weighted by Gasteiger charge is -2.17. The van der Waals surface area contributed by atoms with Crippen LogP contribution in [-0.4, -0.2) is 37.1 Å². The molecular weight excluding hydrogens is 332 g/mol. The maximum Gasteiger partial charge on any atom is 0.242 e. The Kier molecular flexibility index (Phi) is 5.40. The largest absolute Gasteiger partial charge is 0.354 e. The van der Waals surface area contributed by atoms with Crippen LogP contribution in [0.25, 0.3) is 11.4 Å². The van der Waals surface area contributed by atoms with Crippen LogP contribution in [0.15, 0.2) is 41.4 Å². The minimum absolute atomic E-state index is 0.0723. The molecule has 0 unspecified atom stereocenters. The number of nitrogens with zero attached hydrogens (tertiary/aromatic N) is 5. The number of nitrogens with one attached hydrogen (secondary N) is 1. The fourth-order valence-corrected chi connectivity index (χ4v) is 2.63. The van der Waals surface area contributed by atoms with Crippen molar-refractivity contribution in [3.63, 3.8) is 0 Å². The summed E-state index contributed by atoms with van der Waals surface area (Å²) in [6.07, 6.45) is 7.38. The molecule has 1 atom stereocenters. The zero-order valence-corrected chi connectivity index (χ0v) is 15.1. The van der Waals surface area contributed by atoms with Gasteiger partial charge in [-0.2, -0.15) is 4.98 Å². The molecule has 0 aliphatic rings. The van der Waals surface area contributed by atoms with E-state index in [2.05, 4.69) is 39.3 Å². The lowest BCUT2D eigenvalue weighted by Crippen LogP contribution is -2.33. The molecule has 0 fully saturated rings. The second-order valence-electron chi connectivity index (χ2n) is 6.32. The first kappa shape index (κ1) is 17.8. The van der Waals surface area contributed by atoms with Gasteiger partial charge in [-0.3, -0.25) is 9.78 Å². The van der Waals surface area contributed by atoms with E-state index in [4.69, 9.17) is 4.52 Å². The Balaban J connectivity index is 1.54. The van der Waals surface area contributed by atoms with Crippen molar-refractivity contribution in [1.82, 2.24) is 30.0 Å². The number of rotatable bonds is 7. The van der Waals surface area contributed by atoms with Gasteiger partial charge in [-0.05, 0) is 19.1 Å². The topological polar surface area (TPSA) is 98.7 Å². The van der Waals surface area contributed by atoms with Gasteiger partial charge < -0.3 is 14.4 Å². The van der Waals surface area contributed by atoms with E-state index in [1.807, 2.05) is 29.8 Å². The number of imidazole rings is 1. The van der Waals surface area contributed by atoms with Crippen molar-refractivity contribution < 1.29 is 9.32 Å². The predicted octanol–water partition coefficient (Wildman–Crippen LogP) is 2.37. The second kappa shape index (κ2) is 7.90. The molecule has 0 bridgehead atoms. The quantitative estimate of drug-likeness (QED) is 0.699. The minimum Gasteiger partial charge on any atom is -0.354 e. The van der Waals surface area contributed by atoms with Gasteiger partial charge >= 0.3 is 0 Å². The van der Waals surface area contributed by atoms with Gasteiger partial charge in [0, 0.05) is 49.2 Å². The zero-order valence-electron chi connectivity index (χ0n) is 15.1. The Hall–Kier alpha value is -3.03. The van der Waals surface area contributed by atoms with E-state index in [1.54, 1.807) is 18.6 Å². The SMILES string of the molecule is CC(C)c1nccn1[C@@H](C)C(=O)NCCc1nc(-c2cccnc2)no1. The van der Waals surface area contributed by atoms with Crippen LogP contribution >= 0.6 is 0 Å². The number of carbonyl (C=O) groups excluding carboxylic acids is 1. The molecule has 26 heavy (non-hydrogen) atoms. The molecule has 0 aromatic carbocycles. The lowest BCUT2D eigenvalue weighted by atomic mass is 10.2. The molecule has 0 aliphatic carbocycles. The zero-order chi connectivity index (χ0) is 18.5. The van der Waals surface area contributed by atoms with Gasteiger partial charge in [-0.25, -0.2) is 4.98 Å². The minimum atomic E-state index is -0.330. The molecular formula is C18H22N6O2. The summed E-state index contributed by atoms with van der Waals surface area (Å²) >= 11 is 0. The van der Waals surface area contributed by atoms with Crippen LogP contribution in [0.1, 0.15) is 44.4 Å². The molecule has 8 heteroatoms. The van der Waals surface area contributed by atoms with E-state index in [9.17, 15) is 4.79 Å². The van der Waals surface area contributed by atoms with Crippen LogP contribution in [-0.2, 0) is 11.2 Å². The summed E-state index contributed by atoms with van der Waals surface area (Å²) in [5.41, 5.74) is 0.793. The van der Waals surface area contributed by atoms with E-state index in [1.165, 1.54) is 0 Å². The Morgan fingerprint density at radius 1 is 1.31 bits per heavy atom. The Labute approximate surface area is 151 Å². The van der Waals surface area contributed by atoms with E-state index < -0.39 is 0 Å². The van der Waals surface area contributed by atoms with Gasteiger partial charge in [0.1, 0.15) is 11.9 Å². The summed E-state index contributed by atoms with van der Waals surface area (Å²) in [6.45, 7) is 6.39. The van der Waals surface area contributed by atoms with Gasteiger partial charge in [-0.15, -0.1) is 0 Å². The van der Waals surface area contributed by atoms with E-state index in [0.29, 0.717) is 24.7 Å². The van der Waals surface area contributed by atoms with Crippen molar-refractivity contribution in [2.24, 2.45) is 0 Å². The van der Waals surface area contributed by atoms with Crippen LogP contribution in [0.4, 0.5) is 0 Å². The van der Waals surface area contributed by atoms with Crippen LogP contribution in [0, 0.1) is 0 Å². The highest BCUT2D eigenvalue weighted by Crippen LogP contribution is 2.17. The van der Waals surface area contributed by atoms with Gasteiger partial charge in [-0.1, -0.05) is 19.0 Å². The molecule has 0 spiro atoms. The summed E-state index contributed by atoms with van der Waals surface area (Å²) in [4.78, 5) is 25.1. The summed E-state index contributed by atoms with van der Waals surface area (Å²) < 4.78 is 7.12. The van der Waals surface area contributed by atoms with E-state index >= 15 is 0 Å². The van der Waals surface area contributed by atoms with Gasteiger partial charge in [0.15, 0.2) is 0 Å². The first-order valence-corrected chi connectivity index (χ1v) is 8.59. The number of hydrogen-bond donors (Lipinski definition) is 1. The second-order valence-corrected chi connectivity index (χ2v) is 6.32. The molecule has 0 saturated heterocycles. The van der Waals surface area contributed by atoms with Crippen LogP contribution in [0.3, 0.4) is 0 Å². The average Bonchev–Trinajstić information content (AvgIpc) is 3.31. The average molecular weight is 354 g/mol. The monoisotopic (exact) mass is 354 g/mol. The Morgan fingerprint density at radius 3 is 2.88 bits per heavy atom. The smallest absolute Gasteiger partial charge is 0.242 e. The lowest BCUT2D eigenvalue weighted by molar-refractivity contribution is -0.123. The van der Waals surface area contributed by atoms with Gasteiger partial charge in [0.2, 0.25) is 17.6 Å². The summed E-state index contributed by atoms with van der Waals surface area (Å²) in [7, 11) is 0. The van der Waals surface area contributed by atoms with Crippen molar-refractivity contribution in [2.75, 3.05) is 6.54 Å². The number of carbonyl (C=O) groups is 1. The highest BCUT2D eigenvalue weighted by Gasteiger charge is 2.19. The fraction of sp³-hybridized carbons (Fsp3) is 0.389. The molecule has 0 aliphatic heterocycles. The molecule has 0 saturated carbocycles. The summed E-state index contributed by atoms with van der Waals surface area (Å²) in [6, 6.07) is 3.35. The molecule has 1 amide bonds. The summed E-state index contributed by atoms with van der Waals surface area (Å²) in [5, 5.41) is 6.85. The Morgan fingerprint density at radius 2 is 2.15 bits per heavy atom. The molecule has 3 aromatic heterocycles. The highest BCUT2D eigenvalue weighted by atomic mass is 16.5. The molecule has 136 valence electrons. The van der Waals surface area contributed by atoms with Crippen molar-refractivity contribution in [3.8, 4) is 11.4 Å². The molecule has 1 N–H and O–H groups in total. The molecule has 3 rings (SSSR count). The number of hydrogen-bond acceptors (Lipinski definition) is 6. The molecule has 3 heterocycles. The van der Waals surface area contributed by atoms with E-state index in [-0.39, 0.29) is 17.9 Å².